The lowest BCUT2D eigenvalue weighted by Gasteiger charge is -2.24. The molecule has 0 aromatic heterocycles. The van der Waals surface area contributed by atoms with E-state index in [4.69, 9.17) is 10.00 Å². The van der Waals surface area contributed by atoms with Gasteiger partial charge in [-0.25, -0.2) is 0 Å². The smallest absolute Gasteiger partial charge is 0.121 e. The maximum atomic E-state index is 8.89. The van der Waals surface area contributed by atoms with Gasteiger partial charge in [-0.1, -0.05) is 13.0 Å². The van der Waals surface area contributed by atoms with Crippen molar-refractivity contribution in [1.82, 2.24) is 4.90 Å². The van der Waals surface area contributed by atoms with Gasteiger partial charge in [0, 0.05) is 12.5 Å². The lowest BCUT2D eigenvalue weighted by atomic mass is 10.0. The highest BCUT2D eigenvalue weighted by atomic mass is 16.5. The van der Waals surface area contributed by atoms with E-state index in [0.717, 1.165) is 25.3 Å². The molecule has 0 aliphatic carbocycles. The number of hydrogen-bond acceptors (Lipinski definition) is 3. The van der Waals surface area contributed by atoms with Gasteiger partial charge in [0.25, 0.3) is 0 Å². The van der Waals surface area contributed by atoms with Crippen LogP contribution < -0.4 is 4.74 Å². The number of benzene rings is 1. The van der Waals surface area contributed by atoms with Crippen LogP contribution in [0, 0.1) is 17.2 Å². The zero-order valence-electron chi connectivity index (χ0n) is 11.1. The third kappa shape index (κ3) is 3.24. The molecule has 1 aromatic carbocycles. The molecular weight excluding hydrogens is 224 g/mol. The summed E-state index contributed by atoms with van der Waals surface area (Å²) in [5, 5.41) is 8.89. The molecule has 1 saturated heterocycles. The van der Waals surface area contributed by atoms with Crippen molar-refractivity contribution in [2.45, 2.75) is 25.9 Å². The summed E-state index contributed by atoms with van der Waals surface area (Å²) in [5.41, 5.74) is 0.658. The molecule has 0 amide bonds. The molecule has 2 rings (SSSR count). The lowest BCUT2D eigenvalue weighted by Crippen LogP contribution is -2.30. The van der Waals surface area contributed by atoms with E-state index in [9.17, 15) is 0 Å². The van der Waals surface area contributed by atoms with Gasteiger partial charge >= 0.3 is 0 Å². The van der Waals surface area contributed by atoms with Crippen molar-refractivity contribution < 1.29 is 4.74 Å². The second kappa shape index (κ2) is 5.88. The van der Waals surface area contributed by atoms with Crippen molar-refractivity contribution in [3.63, 3.8) is 0 Å². The molecule has 3 heteroatoms. The van der Waals surface area contributed by atoms with Crippen LogP contribution in [0.25, 0.3) is 0 Å². The van der Waals surface area contributed by atoms with E-state index in [2.05, 4.69) is 24.9 Å². The summed E-state index contributed by atoms with van der Waals surface area (Å²) in [5.74, 6) is 1.33. The van der Waals surface area contributed by atoms with Crippen molar-refractivity contribution in [2.75, 3.05) is 20.1 Å². The number of ether oxygens (including phenoxy) is 1. The number of likely N-dealkylation sites (tertiary alicyclic amines) is 1. The molecule has 0 bridgehead atoms. The summed E-state index contributed by atoms with van der Waals surface area (Å²) >= 11 is 0. The number of hydrogen-bond donors (Lipinski definition) is 0. The molecule has 0 N–H and O–H groups in total. The summed E-state index contributed by atoms with van der Waals surface area (Å²) in [7, 11) is 2.16. The molecule has 96 valence electrons. The fourth-order valence-electron chi connectivity index (χ4n) is 2.54. The van der Waals surface area contributed by atoms with E-state index in [0.29, 0.717) is 11.5 Å². The van der Waals surface area contributed by atoms with Crippen LogP contribution in [0.15, 0.2) is 24.3 Å². The molecule has 18 heavy (non-hydrogen) atoms. The molecule has 1 aliphatic rings. The largest absolute Gasteiger partial charge is 0.490 e. The molecule has 0 saturated carbocycles. The van der Waals surface area contributed by atoms with E-state index in [1.54, 1.807) is 6.07 Å². The second-order valence-electron chi connectivity index (χ2n) is 5.18. The summed E-state index contributed by atoms with van der Waals surface area (Å²) in [6.07, 6.45) is 2.51. The second-order valence-corrected chi connectivity index (χ2v) is 5.18. The highest BCUT2D eigenvalue weighted by Crippen LogP contribution is 2.23. The average Bonchev–Trinajstić information content (AvgIpc) is 2.52. The Hall–Kier alpha value is -1.53. The zero-order valence-corrected chi connectivity index (χ0v) is 11.1. The molecule has 2 atom stereocenters. The standard InChI is InChI=1S/C15H20N2O/c1-12-11-17(2)8-4-7-15(12)18-14-6-3-5-13(9-14)10-16/h3,5-6,9,12,15H,4,7-8,11H2,1-2H3. The molecule has 0 spiro atoms. The fourth-order valence-corrected chi connectivity index (χ4v) is 2.54. The summed E-state index contributed by atoms with van der Waals surface area (Å²) in [6.45, 7) is 4.45. The molecule has 2 unspecified atom stereocenters. The van der Waals surface area contributed by atoms with Crippen molar-refractivity contribution in [2.24, 2.45) is 5.92 Å². The molecule has 3 nitrogen and oxygen atoms in total. The molecule has 1 aliphatic heterocycles. The van der Waals surface area contributed by atoms with E-state index in [1.165, 1.54) is 6.42 Å². The molecule has 1 heterocycles. The zero-order chi connectivity index (χ0) is 13.0. The van der Waals surface area contributed by atoms with Gasteiger partial charge in [-0.15, -0.1) is 0 Å². The van der Waals surface area contributed by atoms with Crippen LogP contribution in [-0.4, -0.2) is 31.1 Å². The van der Waals surface area contributed by atoms with Gasteiger partial charge in [-0.2, -0.15) is 5.26 Å². The third-order valence-corrected chi connectivity index (χ3v) is 3.51. The Bertz CT molecular complexity index is 438. The van der Waals surface area contributed by atoms with E-state index < -0.39 is 0 Å². The van der Waals surface area contributed by atoms with Gasteiger partial charge < -0.3 is 9.64 Å². The first-order valence-electron chi connectivity index (χ1n) is 6.54. The van der Waals surface area contributed by atoms with Gasteiger partial charge in [-0.3, -0.25) is 0 Å². The Morgan fingerprint density at radius 3 is 3.06 bits per heavy atom. The Balaban J connectivity index is 2.05. The van der Waals surface area contributed by atoms with Gasteiger partial charge in [-0.05, 0) is 44.6 Å². The summed E-state index contributed by atoms with van der Waals surface area (Å²) in [4.78, 5) is 2.36. The monoisotopic (exact) mass is 244 g/mol. The van der Waals surface area contributed by atoms with Gasteiger partial charge in [0.1, 0.15) is 11.9 Å². The SMILES string of the molecule is CC1CN(C)CCCC1Oc1cccc(C#N)c1. The average molecular weight is 244 g/mol. The molecular formula is C15H20N2O. The molecule has 1 aromatic rings. The van der Waals surface area contributed by atoms with Crippen LogP contribution >= 0.6 is 0 Å². The number of nitriles is 1. The minimum absolute atomic E-state index is 0.254. The quantitative estimate of drug-likeness (QED) is 0.802. The van der Waals surface area contributed by atoms with E-state index in [-0.39, 0.29) is 6.10 Å². The minimum atomic E-state index is 0.254. The lowest BCUT2D eigenvalue weighted by molar-refractivity contribution is 0.131. The maximum Gasteiger partial charge on any atom is 0.121 e. The Labute approximate surface area is 109 Å². The van der Waals surface area contributed by atoms with Gasteiger partial charge in [0.2, 0.25) is 0 Å². The van der Waals surface area contributed by atoms with Crippen LogP contribution in [-0.2, 0) is 0 Å². The van der Waals surface area contributed by atoms with Crippen molar-refractivity contribution in [1.29, 1.82) is 5.26 Å². The van der Waals surface area contributed by atoms with Crippen molar-refractivity contribution >= 4 is 0 Å². The highest BCUT2D eigenvalue weighted by molar-refractivity contribution is 5.36. The van der Waals surface area contributed by atoms with Crippen molar-refractivity contribution in [3.8, 4) is 11.8 Å². The van der Waals surface area contributed by atoms with Crippen molar-refractivity contribution in [3.05, 3.63) is 29.8 Å². The Morgan fingerprint density at radius 1 is 1.44 bits per heavy atom. The van der Waals surface area contributed by atoms with Gasteiger partial charge in [0.15, 0.2) is 0 Å². The van der Waals surface area contributed by atoms with Crippen LogP contribution in [0.3, 0.4) is 0 Å². The van der Waals surface area contributed by atoms with Crippen LogP contribution in [0.5, 0.6) is 5.75 Å². The van der Waals surface area contributed by atoms with E-state index in [1.807, 2.05) is 18.2 Å². The first-order chi connectivity index (χ1) is 8.69. The maximum absolute atomic E-state index is 8.89. The normalized spacial score (nSPS) is 25.2. The number of rotatable bonds is 2. The molecule has 1 fully saturated rings. The predicted octanol–water partition coefficient (Wildman–Crippen LogP) is 2.67. The van der Waals surface area contributed by atoms with Crippen LogP contribution in [0.4, 0.5) is 0 Å². The Kier molecular flexibility index (Phi) is 4.22. The third-order valence-electron chi connectivity index (χ3n) is 3.51. The minimum Gasteiger partial charge on any atom is -0.490 e. The van der Waals surface area contributed by atoms with Gasteiger partial charge in [0.05, 0.1) is 11.6 Å². The summed E-state index contributed by atoms with van der Waals surface area (Å²) < 4.78 is 6.06. The Morgan fingerprint density at radius 2 is 2.28 bits per heavy atom. The highest BCUT2D eigenvalue weighted by Gasteiger charge is 2.23. The molecule has 0 radical (unpaired) electrons. The number of nitrogens with zero attached hydrogens (tertiary/aromatic N) is 2. The van der Waals surface area contributed by atoms with Crippen LogP contribution in [0.2, 0.25) is 0 Å². The topological polar surface area (TPSA) is 36.3 Å². The fraction of sp³-hybridized carbons (Fsp3) is 0.533. The summed E-state index contributed by atoms with van der Waals surface area (Å²) in [6, 6.07) is 9.58. The predicted molar refractivity (Wildman–Crippen MR) is 71.5 cm³/mol. The van der Waals surface area contributed by atoms with Crippen LogP contribution in [0.1, 0.15) is 25.3 Å². The first kappa shape index (κ1) is 12.9. The van der Waals surface area contributed by atoms with E-state index >= 15 is 0 Å². The first-order valence-corrected chi connectivity index (χ1v) is 6.54.